The largest absolute Gasteiger partial charge is 0.495 e. The van der Waals surface area contributed by atoms with Gasteiger partial charge >= 0.3 is 0 Å². The van der Waals surface area contributed by atoms with E-state index in [2.05, 4.69) is 13.8 Å². The molecule has 1 unspecified atom stereocenters. The van der Waals surface area contributed by atoms with Crippen LogP contribution in [0, 0.1) is 5.41 Å². The van der Waals surface area contributed by atoms with Gasteiger partial charge in [0, 0.05) is 19.1 Å². The van der Waals surface area contributed by atoms with Crippen LogP contribution < -0.4 is 10.5 Å². The Balaban J connectivity index is 2.16. The Labute approximate surface area is 112 Å². The van der Waals surface area contributed by atoms with Crippen LogP contribution in [-0.2, 0) is 0 Å². The predicted octanol–water partition coefficient (Wildman–Crippen LogP) is 1.96. The predicted molar refractivity (Wildman–Crippen MR) is 73.1 cm³/mol. The van der Waals surface area contributed by atoms with E-state index in [1.54, 1.807) is 7.11 Å². The van der Waals surface area contributed by atoms with E-state index >= 15 is 0 Å². The summed E-state index contributed by atoms with van der Waals surface area (Å²) in [5, 5.41) is 1.88. The molecule has 5 heteroatoms. The molecule has 0 saturated carbocycles. The lowest BCUT2D eigenvalue weighted by molar-refractivity contribution is 0.0535. The number of amides is 1. The zero-order chi connectivity index (χ0) is 13.3. The van der Waals surface area contributed by atoms with Gasteiger partial charge in [0.05, 0.1) is 7.11 Å². The maximum absolute atomic E-state index is 12.5. The van der Waals surface area contributed by atoms with E-state index in [0.29, 0.717) is 17.2 Å². The summed E-state index contributed by atoms with van der Waals surface area (Å²) in [5.74, 6) is 0.722. The van der Waals surface area contributed by atoms with Crippen LogP contribution in [-0.4, -0.2) is 37.0 Å². The summed E-state index contributed by atoms with van der Waals surface area (Å²) in [6.45, 7) is 5.66. The SMILES string of the molecule is COc1ccsc1C(=O)N1CCC(N)C(C)(C)C1. The molecule has 2 heterocycles. The zero-order valence-electron chi connectivity index (χ0n) is 11.1. The van der Waals surface area contributed by atoms with Crippen molar-refractivity contribution in [1.82, 2.24) is 4.90 Å². The minimum Gasteiger partial charge on any atom is -0.495 e. The van der Waals surface area contributed by atoms with Gasteiger partial charge < -0.3 is 15.4 Å². The fraction of sp³-hybridized carbons (Fsp3) is 0.615. The van der Waals surface area contributed by atoms with E-state index in [9.17, 15) is 4.79 Å². The third-order valence-corrected chi connectivity index (χ3v) is 4.53. The normalized spacial score (nSPS) is 22.9. The summed E-state index contributed by atoms with van der Waals surface area (Å²) in [7, 11) is 1.59. The molecule has 0 aliphatic carbocycles. The highest BCUT2D eigenvalue weighted by atomic mass is 32.1. The van der Waals surface area contributed by atoms with Gasteiger partial charge in [0.25, 0.3) is 5.91 Å². The molecule has 0 aromatic carbocycles. The van der Waals surface area contributed by atoms with Gasteiger partial charge in [0.15, 0.2) is 0 Å². The highest BCUT2D eigenvalue weighted by Gasteiger charge is 2.36. The van der Waals surface area contributed by atoms with Gasteiger partial charge in [0.2, 0.25) is 0 Å². The number of hydrogen-bond donors (Lipinski definition) is 1. The molecule has 1 aromatic heterocycles. The van der Waals surface area contributed by atoms with E-state index in [-0.39, 0.29) is 17.4 Å². The highest BCUT2D eigenvalue weighted by Crippen LogP contribution is 2.31. The molecule has 4 nitrogen and oxygen atoms in total. The summed E-state index contributed by atoms with van der Waals surface area (Å²) in [5.41, 5.74) is 6.06. The van der Waals surface area contributed by atoms with Crippen LogP contribution in [0.1, 0.15) is 29.9 Å². The van der Waals surface area contributed by atoms with Crippen LogP contribution in [0.4, 0.5) is 0 Å². The molecular formula is C13H20N2O2S. The van der Waals surface area contributed by atoms with Crippen molar-refractivity contribution in [2.75, 3.05) is 20.2 Å². The first-order chi connectivity index (χ1) is 8.45. The number of nitrogens with zero attached hydrogens (tertiary/aromatic N) is 1. The van der Waals surface area contributed by atoms with Crippen molar-refractivity contribution in [3.8, 4) is 5.75 Å². The van der Waals surface area contributed by atoms with Crippen molar-refractivity contribution in [2.24, 2.45) is 11.1 Å². The third kappa shape index (κ3) is 2.37. The van der Waals surface area contributed by atoms with Crippen molar-refractivity contribution >= 4 is 17.2 Å². The molecular weight excluding hydrogens is 248 g/mol. The molecule has 1 aliphatic heterocycles. The third-order valence-electron chi connectivity index (χ3n) is 3.64. The number of carbonyl (C=O) groups excluding carboxylic acids is 1. The molecule has 1 aliphatic rings. The average Bonchev–Trinajstić information content (AvgIpc) is 2.79. The van der Waals surface area contributed by atoms with Crippen molar-refractivity contribution < 1.29 is 9.53 Å². The first-order valence-electron chi connectivity index (χ1n) is 6.12. The van der Waals surface area contributed by atoms with E-state index in [1.165, 1.54) is 11.3 Å². The van der Waals surface area contributed by atoms with Crippen LogP contribution >= 0.6 is 11.3 Å². The standard InChI is InChI=1S/C13H20N2O2S/c1-13(2)8-15(6-4-10(13)14)12(16)11-9(17-3)5-7-18-11/h5,7,10H,4,6,8,14H2,1-3H3. The van der Waals surface area contributed by atoms with Crippen LogP contribution in [0.15, 0.2) is 11.4 Å². The van der Waals surface area contributed by atoms with Crippen LogP contribution in [0.25, 0.3) is 0 Å². The number of piperidine rings is 1. The monoisotopic (exact) mass is 268 g/mol. The van der Waals surface area contributed by atoms with Gasteiger partial charge in [0.1, 0.15) is 10.6 Å². The fourth-order valence-electron chi connectivity index (χ4n) is 2.31. The van der Waals surface area contributed by atoms with Crippen LogP contribution in [0.2, 0.25) is 0 Å². The first-order valence-corrected chi connectivity index (χ1v) is 7.00. The summed E-state index contributed by atoms with van der Waals surface area (Å²) in [6, 6.07) is 1.99. The minimum absolute atomic E-state index is 0.0294. The number of nitrogens with two attached hydrogens (primary N) is 1. The Bertz CT molecular complexity index is 442. The van der Waals surface area contributed by atoms with Crippen molar-refractivity contribution in [3.05, 3.63) is 16.3 Å². The van der Waals surface area contributed by atoms with E-state index in [0.717, 1.165) is 13.0 Å². The molecule has 1 atom stereocenters. The summed E-state index contributed by atoms with van der Waals surface area (Å²) < 4.78 is 5.21. The molecule has 2 rings (SSSR count). The number of rotatable bonds is 2. The second kappa shape index (κ2) is 4.90. The highest BCUT2D eigenvalue weighted by molar-refractivity contribution is 7.12. The Morgan fingerprint density at radius 3 is 2.94 bits per heavy atom. The molecule has 0 spiro atoms. The van der Waals surface area contributed by atoms with E-state index in [4.69, 9.17) is 10.5 Å². The lowest BCUT2D eigenvalue weighted by Crippen LogP contribution is -2.53. The van der Waals surface area contributed by atoms with E-state index < -0.39 is 0 Å². The molecule has 18 heavy (non-hydrogen) atoms. The molecule has 0 bridgehead atoms. The number of likely N-dealkylation sites (tertiary alicyclic amines) is 1. The van der Waals surface area contributed by atoms with Crippen molar-refractivity contribution in [2.45, 2.75) is 26.3 Å². The summed E-state index contributed by atoms with van der Waals surface area (Å²) in [6.07, 6.45) is 0.854. The Morgan fingerprint density at radius 1 is 1.61 bits per heavy atom. The second-order valence-corrected chi connectivity index (χ2v) is 6.34. The number of methoxy groups -OCH3 is 1. The smallest absolute Gasteiger partial charge is 0.267 e. The van der Waals surface area contributed by atoms with Crippen molar-refractivity contribution in [3.63, 3.8) is 0 Å². The van der Waals surface area contributed by atoms with Gasteiger partial charge in [-0.05, 0) is 23.3 Å². The van der Waals surface area contributed by atoms with Gasteiger partial charge in [-0.1, -0.05) is 13.8 Å². The first kappa shape index (κ1) is 13.4. The zero-order valence-corrected chi connectivity index (χ0v) is 11.9. The second-order valence-electron chi connectivity index (χ2n) is 5.43. The van der Waals surface area contributed by atoms with Gasteiger partial charge in [-0.25, -0.2) is 0 Å². The van der Waals surface area contributed by atoms with Crippen LogP contribution in [0.5, 0.6) is 5.75 Å². The maximum atomic E-state index is 12.5. The topological polar surface area (TPSA) is 55.6 Å². The molecule has 1 fully saturated rings. The fourth-order valence-corrected chi connectivity index (χ4v) is 3.13. The average molecular weight is 268 g/mol. The number of carbonyl (C=O) groups is 1. The molecule has 100 valence electrons. The van der Waals surface area contributed by atoms with Crippen LogP contribution in [0.3, 0.4) is 0 Å². The number of hydrogen-bond acceptors (Lipinski definition) is 4. The molecule has 0 radical (unpaired) electrons. The number of thiophene rings is 1. The minimum atomic E-state index is -0.0294. The summed E-state index contributed by atoms with van der Waals surface area (Å²) >= 11 is 1.43. The molecule has 1 saturated heterocycles. The Hall–Kier alpha value is -1.07. The molecule has 1 aromatic rings. The van der Waals surface area contributed by atoms with Gasteiger partial charge in [-0.15, -0.1) is 11.3 Å². The summed E-state index contributed by atoms with van der Waals surface area (Å²) in [4.78, 5) is 15.0. The molecule has 1 amide bonds. The van der Waals surface area contributed by atoms with E-state index in [1.807, 2.05) is 16.3 Å². The van der Waals surface area contributed by atoms with Gasteiger partial charge in [-0.2, -0.15) is 0 Å². The lowest BCUT2D eigenvalue weighted by Gasteiger charge is -2.42. The Kier molecular flexibility index (Phi) is 3.64. The van der Waals surface area contributed by atoms with Gasteiger partial charge in [-0.3, -0.25) is 4.79 Å². The lowest BCUT2D eigenvalue weighted by atomic mass is 9.79. The van der Waals surface area contributed by atoms with Crippen molar-refractivity contribution in [1.29, 1.82) is 0 Å². The quantitative estimate of drug-likeness (QED) is 0.892. The number of ether oxygens (including phenoxy) is 1. The maximum Gasteiger partial charge on any atom is 0.267 e. The Morgan fingerprint density at radius 2 is 2.33 bits per heavy atom. The molecule has 2 N–H and O–H groups in total.